The van der Waals surface area contributed by atoms with Gasteiger partial charge in [-0.15, -0.1) is 0 Å². The zero-order valence-corrected chi connectivity index (χ0v) is 15.2. The Bertz CT molecular complexity index is 436. The summed E-state index contributed by atoms with van der Waals surface area (Å²) in [5.74, 6) is 0. The van der Waals surface area contributed by atoms with E-state index in [-0.39, 0.29) is 8.84 Å². The number of amidine groups is 1. The van der Waals surface area contributed by atoms with Crippen molar-refractivity contribution in [2.75, 3.05) is 6.26 Å². The van der Waals surface area contributed by atoms with E-state index >= 15 is 0 Å². The number of rotatable bonds is 1. The second-order valence-electron chi connectivity index (χ2n) is 5.28. The largest absolute Gasteiger partial charge is 0.378 e. The number of allylic oxidation sites excluding steroid dienone is 3. The smallest absolute Gasteiger partial charge is 0.159 e. The summed E-state index contributed by atoms with van der Waals surface area (Å²) in [5, 5.41) is 1.03. The summed E-state index contributed by atoms with van der Waals surface area (Å²) in [4.78, 5) is 4.30. The first kappa shape index (κ1) is 16.4. The molecular formula is C13H20ClIN2S. The minimum absolute atomic E-state index is 0.0249. The second kappa shape index (κ2) is 5.75. The van der Waals surface area contributed by atoms with Crippen molar-refractivity contribution in [1.29, 1.82) is 0 Å². The topological polar surface area (TPSA) is 38.4 Å². The molecule has 0 spiro atoms. The van der Waals surface area contributed by atoms with Crippen LogP contribution in [0.15, 0.2) is 27.4 Å². The summed E-state index contributed by atoms with van der Waals surface area (Å²) < 4.78 is 0.106. The van der Waals surface area contributed by atoms with Crippen LogP contribution in [0.3, 0.4) is 0 Å². The van der Waals surface area contributed by atoms with Crippen LogP contribution >= 0.6 is 46.0 Å². The molecule has 0 heterocycles. The Morgan fingerprint density at radius 2 is 2.06 bits per heavy atom. The SMILES string of the molecule is C\C=C1/C(=C(Cl)\N=C(/N)SC)C(C)(C)C[C@@]1(C)I. The Morgan fingerprint density at radius 3 is 2.50 bits per heavy atom. The maximum absolute atomic E-state index is 6.40. The molecule has 2 N–H and O–H groups in total. The molecule has 0 amide bonds. The molecule has 1 aliphatic carbocycles. The van der Waals surface area contributed by atoms with Gasteiger partial charge in [0.1, 0.15) is 5.16 Å². The predicted octanol–water partition coefficient (Wildman–Crippen LogP) is 4.68. The molecule has 1 saturated carbocycles. The summed E-state index contributed by atoms with van der Waals surface area (Å²) in [6.07, 6.45) is 5.09. The molecule has 1 aliphatic rings. The minimum Gasteiger partial charge on any atom is -0.378 e. The van der Waals surface area contributed by atoms with E-state index in [0.29, 0.717) is 10.3 Å². The molecule has 2 nitrogen and oxygen atoms in total. The Hall–Kier alpha value is 0.320. The molecule has 0 aromatic carbocycles. The zero-order valence-electron chi connectivity index (χ0n) is 11.5. The molecular weight excluding hydrogens is 379 g/mol. The van der Waals surface area contributed by atoms with Crippen molar-refractivity contribution in [1.82, 2.24) is 0 Å². The van der Waals surface area contributed by atoms with Gasteiger partial charge in [-0.2, -0.15) is 0 Å². The average Bonchev–Trinajstić information content (AvgIpc) is 2.41. The van der Waals surface area contributed by atoms with Crippen molar-refractivity contribution >= 4 is 51.1 Å². The van der Waals surface area contributed by atoms with Gasteiger partial charge in [0, 0.05) is 3.42 Å². The fourth-order valence-corrected chi connectivity index (χ4v) is 4.89. The van der Waals surface area contributed by atoms with Gasteiger partial charge in [-0.1, -0.05) is 65.9 Å². The third kappa shape index (κ3) is 3.25. The van der Waals surface area contributed by atoms with E-state index in [1.54, 1.807) is 0 Å². The van der Waals surface area contributed by atoms with Gasteiger partial charge in [0.15, 0.2) is 5.17 Å². The summed E-state index contributed by atoms with van der Waals surface area (Å²) >= 11 is 10.3. The Kier molecular flexibility index (Phi) is 5.23. The third-order valence-corrected chi connectivity index (χ3v) is 4.94. The van der Waals surface area contributed by atoms with E-state index in [2.05, 4.69) is 61.4 Å². The molecule has 0 aromatic heterocycles. The van der Waals surface area contributed by atoms with E-state index < -0.39 is 0 Å². The van der Waals surface area contributed by atoms with Crippen LogP contribution < -0.4 is 5.73 Å². The zero-order chi connectivity index (χ0) is 14.1. The number of halogens is 2. The van der Waals surface area contributed by atoms with Gasteiger partial charge in [-0.3, -0.25) is 0 Å². The number of hydrogen-bond acceptors (Lipinski definition) is 2. The first-order chi connectivity index (χ1) is 8.15. The summed E-state index contributed by atoms with van der Waals surface area (Å²) in [6.45, 7) is 8.72. The quantitative estimate of drug-likeness (QED) is 0.229. The molecule has 0 radical (unpaired) electrons. The van der Waals surface area contributed by atoms with E-state index in [9.17, 15) is 0 Å². The van der Waals surface area contributed by atoms with Crippen molar-refractivity contribution in [2.45, 2.75) is 37.5 Å². The minimum atomic E-state index is 0.0249. The molecule has 1 rings (SSSR count). The van der Waals surface area contributed by atoms with Gasteiger partial charge in [0.25, 0.3) is 0 Å². The second-order valence-corrected chi connectivity index (χ2v) is 8.85. The highest BCUT2D eigenvalue weighted by Gasteiger charge is 2.47. The predicted molar refractivity (Wildman–Crippen MR) is 92.6 cm³/mol. The van der Waals surface area contributed by atoms with Crippen LogP contribution in [0, 0.1) is 5.41 Å². The first-order valence-electron chi connectivity index (χ1n) is 5.80. The summed E-state index contributed by atoms with van der Waals surface area (Å²) in [7, 11) is 0. The van der Waals surface area contributed by atoms with Crippen LogP contribution in [-0.2, 0) is 0 Å². The summed E-state index contributed by atoms with van der Waals surface area (Å²) in [6, 6.07) is 0. The van der Waals surface area contributed by atoms with E-state index in [4.69, 9.17) is 17.3 Å². The van der Waals surface area contributed by atoms with Crippen LogP contribution in [-0.4, -0.2) is 14.8 Å². The molecule has 0 aliphatic heterocycles. The fourth-order valence-electron chi connectivity index (χ4n) is 2.67. The molecule has 5 heteroatoms. The Balaban J connectivity index is 3.41. The van der Waals surface area contributed by atoms with Gasteiger partial charge >= 0.3 is 0 Å². The lowest BCUT2D eigenvalue weighted by atomic mass is 9.86. The average molecular weight is 399 g/mol. The molecule has 0 aromatic rings. The van der Waals surface area contributed by atoms with E-state index in [1.165, 1.54) is 17.3 Å². The van der Waals surface area contributed by atoms with Crippen LogP contribution in [0.1, 0.15) is 34.1 Å². The first-order valence-corrected chi connectivity index (χ1v) is 8.48. The molecule has 0 saturated heterocycles. The van der Waals surface area contributed by atoms with E-state index in [1.807, 2.05) is 6.26 Å². The van der Waals surface area contributed by atoms with Crippen molar-refractivity contribution in [2.24, 2.45) is 16.1 Å². The standard InChI is InChI=1S/C13H20ClIN2S/c1-6-8-9(10(14)17-11(16)18-5)12(2,3)7-13(8,4)15/h6H,7H2,1-5H3,(H2,16,17)/b8-6+,10-9+/t13-/m1/s1. The number of nitrogens with two attached hydrogens (primary N) is 1. The maximum atomic E-state index is 6.40. The maximum Gasteiger partial charge on any atom is 0.159 e. The highest BCUT2D eigenvalue weighted by atomic mass is 127. The van der Waals surface area contributed by atoms with Gasteiger partial charge in [0.2, 0.25) is 0 Å². The number of hydrogen-bond donors (Lipinski definition) is 1. The van der Waals surface area contributed by atoms with Gasteiger partial charge in [-0.25, -0.2) is 4.99 Å². The molecule has 1 fully saturated rings. The number of nitrogens with zero attached hydrogens (tertiary/aromatic N) is 1. The number of aliphatic imine (C=N–C) groups is 1. The molecule has 1 atom stereocenters. The lowest BCUT2D eigenvalue weighted by Crippen LogP contribution is -2.14. The van der Waals surface area contributed by atoms with Gasteiger partial charge in [-0.05, 0) is 43.1 Å². The monoisotopic (exact) mass is 398 g/mol. The summed E-state index contributed by atoms with van der Waals surface area (Å²) in [5.41, 5.74) is 8.18. The van der Waals surface area contributed by atoms with Gasteiger partial charge < -0.3 is 5.73 Å². The van der Waals surface area contributed by atoms with Crippen LogP contribution in [0.2, 0.25) is 0 Å². The van der Waals surface area contributed by atoms with Crippen molar-refractivity contribution in [3.05, 3.63) is 22.4 Å². The normalized spacial score (nSPS) is 33.1. The van der Waals surface area contributed by atoms with Crippen LogP contribution in [0.4, 0.5) is 0 Å². The van der Waals surface area contributed by atoms with E-state index in [0.717, 1.165) is 12.0 Å². The Labute approximate surface area is 133 Å². The molecule has 18 heavy (non-hydrogen) atoms. The van der Waals surface area contributed by atoms with Crippen molar-refractivity contribution < 1.29 is 0 Å². The highest BCUT2D eigenvalue weighted by molar-refractivity contribution is 14.1. The lowest BCUT2D eigenvalue weighted by Gasteiger charge is -2.20. The van der Waals surface area contributed by atoms with Crippen LogP contribution in [0.5, 0.6) is 0 Å². The fraction of sp³-hybridized carbons (Fsp3) is 0.615. The van der Waals surface area contributed by atoms with Crippen LogP contribution in [0.25, 0.3) is 0 Å². The van der Waals surface area contributed by atoms with Crippen molar-refractivity contribution in [3.8, 4) is 0 Å². The molecule has 102 valence electrons. The van der Waals surface area contributed by atoms with Crippen molar-refractivity contribution in [3.63, 3.8) is 0 Å². The highest BCUT2D eigenvalue weighted by Crippen LogP contribution is 2.57. The van der Waals surface area contributed by atoms with Gasteiger partial charge in [0.05, 0.1) is 0 Å². The number of alkyl halides is 1. The Morgan fingerprint density at radius 1 is 1.50 bits per heavy atom. The molecule has 0 bridgehead atoms. The molecule has 0 unspecified atom stereocenters. The number of thioether (sulfide) groups is 1. The lowest BCUT2D eigenvalue weighted by molar-refractivity contribution is 0.441. The third-order valence-electron chi connectivity index (χ3n) is 3.19.